The molecule has 3 nitrogen and oxygen atoms in total. The third-order valence-corrected chi connectivity index (χ3v) is 4.21. The normalized spacial score (nSPS) is 10.5. The number of halogens is 1. The summed E-state index contributed by atoms with van der Waals surface area (Å²) in [7, 11) is 0. The van der Waals surface area contributed by atoms with Gasteiger partial charge in [0.15, 0.2) is 0 Å². The molecule has 3 aromatic rings. The Kier molecular flexibility index (Phi) is 5.74. The summed E-state index contributed by atoms with van der Waals surface area (Å²) in [4.78, 5) is 16.2. The number of hydrogen-bond donors (Lipinski definition) is 1. The molecule has 2 aromatic carbocycles. The van der Waals surface area contributed by atoms with Crippen molar-refractivity contribution in [3.05, 3.63) is 89.5 Å². The molecule has 3 rings (SSSR count). The number of pyridine rings is 1. The molecule has 4 heteroatoms. The van der Waals surface area contributed by atoms with Gasteiger partial charge < -0.3 is 5.32 Å². The van der Waals surface area contributed by atoms with Crippen molar-refractivity contribution in [2.24, 2.45) is 0 Å². The maximum atomic E-state index is 13.9. The number of nitrogens with one attached hydrogen (secondary N) is 1. The largest absolute Gasteiger partial charge is 0.352 e. The van der Waals surface area contributed by atoms with Gasteiger partial charge in [-0.2, -0.15) is 0 Å². The Bertz CT molecular complexity index is 891. The molecule has 0 bridgehead atoms. The van der Waals surface area contributed by atoms with Crippen LogP contribution in [0.3, 0.4) is 0 Å². The number of amides is 1. The predicted molar refractivity (Wildman–Crippen MR) is 101 cm³/mol. The highest BCUT2D eigenvalue weighted by Crippen LogP contribution is 2.23. The zero-order valence-corrected chi connectivity index (χ0v) is 14.7. The highest BCUT2D eigenvalue weighted by molar-refractivity contribution is 5.93. The van der Waals surface area contributed by atoms with Crippen molar-refractivity contribution in [1.29, 1.82) is 0 Å². The summed E-state index contributed by atoms with van der Waals surface area (Å²) in [6.07, 6.45) is 3.21. The molecule has 0 aliphatic rings. The van der Waals surface area contributed by atoms with Gasteiger partial charge in [0.2, 0.25) is 0 Å². The van der Waals surface area contributed by atoms with E-state index in [0.717, 1.165) is 29.7 Å². The molecule has 0 aliphatic carbocycles. The highest BCUT2D eigenvalue weighted by Gasteiger charge is 2.06. The smallest absolute Gasteiger partial charge is 0.252 e. The molecule has 0 aliphatic heterocycles. The second-order valence-electron chi connectivity index (χ2n) is 6.23. The van der Waals surface area contributed by atoms with Crippen molar-refractivity contribution in [1.82, 2.24) is 10.3 Å². The van der Waals surface area contributed by atoms with Gasteiger partial charge in [0.25, 0.3) is 5.91 Å². The summed E-state index contributed by atoms with van der Waals surface area (Å²) in [6.45, 7) is 2.47. The number of aryl methyl sites for hydroxylation is 2. The number of benzene rings is 2. The summed E-state index contributed by atoms with van der Waals surface area (Å²) in [6, 6.07) is 18.2. The van der Waals surface area contributed by atoms with E-state index in [-0.39, 0.29) is 11.7 Å². The summed E-state index contributed by atoms with van der Waals surface area (Å²) in [5, 5.41) is 2.91. The van der Waals surface area contributed by atoms with Crippen molar-refractivity contribution in [3.8, 4) is 11.1 Å². The molecule has 1 heterocycles. The van der Waals surface area contributed by atoms with Gasteiger partial charge in [-0.25, -0.2) is 4.39 Å². The Morgan fingerprint density at radius 1 is 1.08 bits per heavy atom. The quantitative estimate of drug-likeness (QED) is 0.664. The van der Waals surface area contributed by atoms with E-state index in [1.54, 1.807) is 24.4 Å². The molecule has 0 unspecified atom stereocenters. The first-order valence-corrected chi connectivity index (χ1v) is 8.68. The van der Waals surface area contributed by atoms with Gasteiger partial charge in [-0.15, -0.1) is 0 Å². The number of carbonyl (C=O) groups excluding carboxylic acids is 1. The van der Waals surface area contributed by atoms with Gasteiger partial charge in [0.05, 0.1) is 5.56 Å². The van der Waals surface area contributed by atoms with E-state index in [1.165, 1.54) is 6.07 Å². The average Bonchev–Trinajstić information content (AvgIpc) is 2.66. The summed E-state index contributed by atoms with van der Waals surface area (Å²) >= 11 is 0. The van der Waals surface area contributed by atoms with Gasteiger partial charge in [-0.3, -0.25) is 9.78 Å². The molecule has 26 heavy (non-hydrogen) atoms. The molecule has 1 aromatic heterocycles. The average molecular weight is 348 g/mol. The molecule has 0 atom stereocenters. The van der Waals surface area contributed by atoms with Crippen LogP contribution < -0.4 is 5.32 Å². The molecule has 0 radical (unpaired) electrons. The minimum Gasteiger partial charge on any atom is -0.352 e. The first kappa shape index (κ1) is 17.8. The van der Waals surface area contributed by atoms with Crippen molar-refractivity contribution in [3.63, 3.8) is 0 Å². The molecule has 0 spiro atoms. The number of aromatic nitrogens is 1. The standard InChI is InChI=1S/C22H21FN2O/c1-16-11-12-19(15-25-16)22(26)24-13-5-7-17-6-4-8-18(14-17)20-9-2-3-10-21(20)23/h2-4,6,8-12,14-15H,5,7,13H2,1H3,(H,24,26). The van der Waals surface area contributed by atoms with Crippen LogP contribution in [0.2, 0.25) is 0 Å². The Morgan fingerprint density at radius 3 is 2.69 bits per heavy atom. The van der Waals surface area contributed by atoms with Crippen LogP contribution in [0.15, 0.2) is 66.9 Å². The zero-order valence-electron chi connectivity index (χ0n) is 14.7. The lowest BCUT2D eigenvalue weighted by atomic mass is 10.0. The lowest BCUT2D eigenvalue weighted by Gasteiger charge is -2.08. The third-order valence-electron chi connectivity index (χ3n) is 4.21. The number of rotatable bonds is 6. The van der Waals surface area contributed by atoms with Gasteiger partial charge >= 0.3 is 0 Å². The fourth-order valence-corrected chi connectivity index (χ4v) is 2.79. The topological polar surface area (TPSA) is 42.0 Å². The second kappa shape index (κ2) is 8.39. The van der Waals surface area contributed by atoms with E-state index in [1.807, 2.05) is 43.3 Å². The van der Waals surface area contributed by atoms with E-state index in [9.17, 15) is 9.18 Å². The van der Waals surface area contributed by atoms with Crippen LogP contribution in [0, 0.1) is 12.7 Å². The summed E-state index contributed by atoms with van der Waals surface area (Å²) in [5.41, 5.74) is 4.05. The van der Waals surface area contributed by atoms with E-state index >= 15 is 0 Å². The number of nitrogens with zero attached hydrogens (tertiary/aromatic N) is 1. The maximum absolute atomic E-state index is 13.9. The van der Waals surface area contributed by atoms with E-state index in [2.05, 4.69) is 10.3 Å². The van der Waals surface area contributed by atoms with Crippen LogP contribution in [0.1, 0.15) is 28.0 Å². The van der Waals surface area contributed by atoms with Crippen LogP contribution in [-0.2, 0) is 6.42 Å². The van der Waals surface area contributed by atoms with Gasteiger partial charge in [0, 0.05) is 24.0 Å². The van der Waals surface area contributed by atoms with E-state index in [0.29, 0.717) is 17.7 Å². The van der Waals surface area contributed by atoms with Crippen LogP contribution >= 0.6 is 0 Å². The molecule has 0 saturated heterocycles. The minimum absolute atomic E-state index is 0.113. The summed E-state index contributed by atoms with van der Waals surface area (Å²) < 4.78 is 13.9. The van der Waals surface area contributed by atoms with Gasteiger partial charge in [0.1, 0.15) is 5.82 Å². The fourth-order valence-electron chi connectivity index (χ4n) is 2.79. The Hall–Kier alpha value is -3.01. The van der Waals surface area contributed by atoms with Gasteiger partial charge in [-0.1, -0.05) is 42.5 Å². The molecule has 0 fully saturated rings. The Balaban J connectivity index is 1.54. The van der Waals surface area contributed by atoms with Crippen molar-refractivity contribution in [2.45, 2.75) is 19.8 Å². The highest BCUT2D eigenvalue weighted by atomic mass is 19.1. The summed E-state index contributed by atoms with van der Waals surface area (Å²) in [5.74, 6) is -0.332. The van der Waals surface area contributed by atoms with Crippen molar-refractivity contribution < 1.29 is 9.18 Å². The molecule has 1 N–H and O–H groups in total. The third kappa shape index (κ3) is 4.54. The minimum atomic E-state index is -0.219. The lowest BCUT2D eigenvalue weighted by molar-refractivity contribution is 0.0953. The van der Waals surface area contributed by atoms with E-state index in [4.69, 9.17) is 0 Å². The Labute approximate surface area is 152 Å². The van der Waals surface area contributed by atoms with Gasteiger partial charge in [-0.05, 0) is 49.1 Å². The van der Waals surface area contributed by atoms with Crippen molar-refractivity contribution >= 4 is 5.91 Å². The fraction of sp³-hybridized carbons (Fsp3) is 0.182. The van der Waals surface area contributed by atoms with Crippen molar-refractivity contribution in [2.75, 3.05) is 6.54 Å². The monoisotopic (exact) mass is 348 g/mol. The first-order chi connectivity index (χ1) is 12.6. The SMILES string of the molecule is Cc1ccc(C(=O)NCCCc2cccc(-c3ccccc3F)c2)cn1. The lowest BCUT2D eigenvalue weighted by Crippen LogP contribution is -2.24. The first-order valence-electron chi connectivity index (χ1n) is 8.68. The zero-order chi connectivity index (χ0) is 18.4. The van der Waals surface area contributed by atoms with E-state index < -0.39 is 0 Å². The second-order valence-corrected chi connectivity index (χ2v) is 6.23. The Morgan fingerprint density at radius 2 is 1.92 bits per heavy atom. The molecular formula is C22H21FN2O. The molecule has 132 valence electrons. The molecular weight excluding hydrogens is 327 g/mol. The number of hydrogen-bond acceptors (Lipinski definition) is 2. The van der Waals surface area contributed by atoms with Crippen LogP contribution in [0.25, 0.3) is 11.1 Å². The van der Waals surface area contributed by atoms with Crippen LogP contribution in [0.5, 0.6) is 0 Å². The molecule has 1 amide bonds. The van der Waals surface area contributed by atoms with Crippen LogP contribution in [-0.4, -0.2) is 17.4 Å². The maximum Gasteiger partial charge on any atom is 0.252 e. The van der Waals surface area contributed by atoms with Crippen LogP contribution in [0.4, 0.5) is 4.39 Å². The predicted octanol–water partition coefficient (Wildman–Crippen LogP) is 4.56. The number of carbonyl (C=O) groups is 1. The molecule has 0 saturated carbocycles.